The molecule has 0 aliphatic carbocycles. The minimum Gasteiger partial charge on any atom is -0.497 e. The van der Waals surface area contributed by atoms with Gasteiger partial charge in [-0.1, -0.05) is 5.16 Å². The molecule has 7 heteroatoms. The van der Waals surface area contributed by atoms with E-state index in [1.54, 1.807) is 38.5 Å². The molecule has 2 aromatic carbocycles. The minimum atomic E-state index is -0.275. The average Bonchev–Trinajstić information content (AvgIpc) is 3.20. The molecule has 0 spiro atoms. The molecule has 27 heavy (non-hydrogen) atoms. The van der Waals surface area contributed by atoms with Gasteiger partial charge in [0.25, 0.3) is 5.91 Å². The summed E-state index contributed by atoms with van der Waals surface area (Å²) < 4.78 is 20.9. The number of amides is 1. The van der Waals surface area contributed by atoms with Crippen molar-refractivity contribution < 1.29 is 23.5 Å². The number of nitrogens with zero attached hydrogens (tertiary/aromatic N) is 1. The van der Waals surface area contributed by atoms with E-state index in [2.05, 4.69) is 10.5 Å². The zero-order valence-corrected chi connectivity index (χ0v) is 15.3. The Balaban J connectivity index is 1.66. The Morgan fingerprint density at radius 2 is 1.67 bits per heavy atom. The second-order valence-electron chi connectivity index (χ2n) is 5.66. The second kappa shape index (κ2) is 8.27. The van der Waals surface area contributed by atoms with Gasteiger partial charge in [0.2, 0.25) is 0 Å². The van der Waals surface area contributed by atoms with Gasteiger partial charge in [0.05, 0.1) is 33.4 Å². The van der Waals surface area contributed by atoms with Crippen LogP contribution >= 0.6 is 0 Å². The molecule has 0 aliphatic rings. The Labute approximate surface area is 156 Å². The second-order valence-corrected chi connectivity index (χ2v) is 5.66. The third-order valence-corrected chi connectivity index (χ3v) is 4.02. The number of carbonyl (C=O) groups is 1. The van der Waals surface area contributed by atoms with Crippen LogP contribution in [0.4, 0.5) is 0 Å². The molecular formula is C20H20N2O5. The van der Waals surface area contributed by atoms with Crippen molar-refractivity contribution in [3.8, 4) is 28.6 Å². The zero-order chi connectivity index (χ0) is 19.2. The van der Waals surface area contributed by atoms with Gasteiger partial charge >= 0.3 is 0 Å². The average molecular weight is 368 g/mol. The van der Waals surface area contributed by atoms with Crippen molar-refractivity contribution in [1.29, 1.82) is 0 Å². The Kier molecular flexibility index (Phi) is 5.61. The highest BCUT2D eigenvalue weighted by Crippen LogP contribution is 2.25. The number of aromatic nitrogens is 1. The van der Waals surface area contributed by atoms with Gasteiger partial charge in [0, 0.05) is 17.7 Å². The van der Waals surface area contributed by atoms with Crippen molar-refractivity contribution in [3.63, 3.8) is 0 Å². The van der Waals surface area contributed by atoms with Crippen molar-refractivity contribution in [2.24, 2.45) is 0 Å². The van der Waals surface area contributed by atoms with Crippen LogP contribution in [0.5, 0.6) is 17.2 Å². The van der Waals surface area contributed by atoms with E-state index < -0.39 is 0 Å². The largest absolute Gasteiger partial charge is 0.497 e. The number of nitrogens with one attached hydrogen (secondary N) is 1. The Hall–Kier alpha value is -3.48. The molecule has 0 bridgehead atoms. The smallest absolute Gasteiger partial charge is 0.255 e. The normalized spacial score (nSPS) is 10.3. The van der Waals surface area contributed by atoms with E-state index in [-0.39, 0.29) is 12.5 Å². The van der Waals surface area contributed by atoms with Gasteiger partial charge in [0.15, 0.2) is 5.76 Å². The first-order chi connectivity index (χ1) is 13.1. The predicted octanol–water partition coefficient (Wildman–Crippen LogP) is 3.30. The molecule has 1 N–H and O–H groups in total. The van der Waals surface area contributed by atoms with E-state index >= 15 is 0 Å². The molecule has 0 fully saturated rings. The van der Waals surface area contributed by atoms with Crippen LogP contribution in [0, 0.1) is 0 Å². The maximum atomic E-state index is 12.4. The van der Waals surface area contributed by atoms with Gasteiger partial charge in [-0.3, -0.25) is 4.79 Å². The fraction of sp³-hybridized carbons (Fsp3) is 0.200. The first kappa shape index (κ1) is 18.3. The third-order valence-electron chi connectivity index (χ3n) is 4.02. The van der Waals surface area contributed by atoms with Gasteiger partial charge in [-0.15, -0.1) is 0 Å². The molecular weight excluding hydrogens is 348 g/mol. The van der Waals surface area contributed by atoms with Gasteiger partial charge in [-0.25, -0.2) is 0 Å². The summed E-state index contributed by atoms with van der Waals surface area (Å²) in [5.41, 5.74) is 1.90. The maximum absolute atomic E-state index is 12.4. The number of benzene rings is 2. The summed E-state index contributed by atoms with van der Waals surface area (Å²) in [5.74, 6) is 2.15. The first-order valence-electron chi connectivity index (χ1n) is 8.25. The van der Waals surface area contributed by atoms with Crippen molar-refractivity contribution in [2.45, 2.75) is 6.54 Å². The lowest BCUT2D eigenvalue weighted by Gasteiger charge is -2.10. The summed E-state index contributed by atoms with van der Waals surface area (Å²) >= 11 is 0. The number of hydrogen-bond donors (Lipinski definition) is 1. The molecule has 0 radical (unpaired) electrons. The van der Waals surface area contributed by atoms with E-state index in [1.807, 2.05) is 24.3 Å². The number of carbonyl (C=O) groups excluding carboxylic acids is 1. The molecule has 3 rings (SSSR count). The molecule has 7 nitrogen and oxygen atoms in total. The lowest BCUT2D eigenvalue weighted by Crippen LogP contribution is -2.23. The topological polar surface area (TPSA) is 82.8 Å². The molecule has 3 aromatic rings. The minimum absolute atomic E-state index is 0.230. The van der Waals surface area contributed by atoms with E-state index in [1.165, 1.54) is 7.11 Å². The SMILES string of the molecule is COc1ccc(-c2cc(CNC(=O)c3ccc(OC)cc3OC)no2)cc1. The highest BCUT2D eigenvalue weighted by Gasteiger charge is 2.14. The highest BCUT2D eigenvalue weighted by molar-refractivity contribution is 5.97. The summed E-state index contributed by atoms with van der Waals surface area (Å²) in [5, 5.41) is 6.81. The van der Waals surface area contributed by atoms with Crippen molar-refractivity contribution in [1.82, 2.24) is 10.5 Å². The van der Waals surface area contributed by atoms with Gasteiger partial charge in [-0.2, -0.15) is 0 Å². The van der Waals surface area contributed by atoms with Crippen LogP contribution in [0.2, 0.25) is 0 Å². The highest BCUT2D eigenvalue weighted by atomic mass is 16.5. The molecule has 140 valence electrons. The van der Waals surface area contributed by atoms with Crippen LogP contribution in [-0.4, -0.2) is 32.4 Å². The van der Waals surface area contributed by atoms with Crippen molar-refractivity contribution in [3.05, 3.63) is 59.8 Å². The summed E-state index contributed by atoms with van der Waals surface area (Å²) in [7, 11) is 4.67. The van der Waals surface area contributed by atoms with E-state index in [0.29, 0.717) is 28.5 Å². The lowest BCUT2D eigenvalue weighted by atomic mass is 10.1. The molecule has 0 atom stereocenters. The summed E-state index contributed by atoms with van der Waals surface area (Å²) in [4.78, 5) is 12.4. The first-order valence-corrected chi connectivity index (χ1v) is 8.25. The number of rotatable bonds is 7. The number of methoxy groups -OCH3 is 3. The molecule has 0 unspecified atom stereocenters. The Morgan fingerprint density at radius 3 is 2.33 bits per heavy atom. The van der Waals surface area contributed by atoms with E-state index in [4.69, 9.17) is 18.7 Å². The molecule has 1 aromatic heterocycles. The third kappa shape index (κ3) is 4.20. The predicted molar refractivity (Wildman–Crippen MR) is 99.2 cm³/mol. The quantitative estimate of drug-likeness (QED) is 0.689. The van der Waals surface area contributed by atoms with Gasteiger partial charge in [0.1, 0.15) is 22.9 Å². The van der Waals surface area contributed by atoms with Crippen LogP contribution < -0.4 is 19.5 Å². The zero-order valence-electron chi connectivity index (χ0n) is 15.3. The van der Waals surface area contributed by atoms with Crippen molar-refractivity contribution >= 4 is 5.91 Å². The van der Waals surface area contributed by atoms with Crippen LogP contribution in [-0.2, 0) is 6.54 Å². The summed E-state index contributed by atoms with van der Waals surface area (Å²) in [6, 6.07) is 14.2. The standard InChI is InChI=1S/C20H20N2O5/c1-24-15-6-4-13(5-7-15)18-10-14(22-27-18)12-21-20(23)17-9-8-16(25-2)11-19(17)26-3/h4-11H,12H2,1-3H3,(H,21,23). The van der Waals surface area contributed by atoms with Crippen LogP contribution in [0.15, 0.2) is 53.1 Å². The Morgan fingerprint density at radius 1 is 0.963 bits per heavy atom. The molecule has 1 heterocycles. The van der Waals surface area contributed by atoms with Crippen LogP contribution in [0.3, 0.4) is 0 Å². The lowest BCUT2D eigenvalue weighted by molar-refractivity contribution is 0.0947. The monoisotopic (exact) mass is 368 g/mol. The number of hydrogen-bond acceptors (Lipinski definition) is 6. The van der Waals surface area contributed by atoms with Crippen LogP contribution in [0.1, 0.15) is 16.1 Å². The summed E-state index contributed by atoms with van der Waals surface area (Å²) in [6.45, 7) is 0.230. The molecule has 0 aliphatic heterocycles. The molecule has 0 saturated heterocycles. The van der Waals surface area contributed by atoms with Gasteiger partial charge in [-0.05, 0) is 36.4 Å². The maximum Gasteiger partial charge on any atom is 0.255 e. The van der Waals surface area contributed by atoms with E-state index in [9.17, 15) is 4.79 Å². The fourth-order valence-corrected chi connectivity index (χ4v) is 2.54. The van der Waals surface area contributed by atoms with E-state index in [0.717, 1.165) is 11.3 Å². The molecule has 1 amide bonds. The molecule has 0 saturated carbocycles. The van der Waals surface area contributed by atoms with Crippen molar-refractivity contribution in [2.75, 3.05) is 21.3 Å². The fourth-order valence-electron chi connectivity index (χ4n) is 2.54. The Bertz CT molecular complexity index is 918. The van der Waals surface area contributed by atoms with Gasteiger partial charge < -0.3 is 24.1 Å². The van der Waals surface area contributed by atoms with Crippen LogP contribution in [0.25, 0.3) is 11.3 Å². The number of ether oxygens (including phenoxy) is 3. The summed E-state index contributed by atoms with van der Waals surface area (Å²) in [6.07, 6.45) is 0.